The average molecular weight is 576 g/mol. The molecule has 1 saturated heterocycles. The van der Waals surface area contributed by atoms with Gasteiger partial charge in [-0.05, 0) is 24.0 Å². The molecule has 1 heterocycles. The zero-order valence-corrected chi connectivity index (χ0v) is 24.4. The van der Waals surface area contributed by atoms with E-state index in [4.69, 9.17) is 4.74 Å². The number of ether oxygens (including phenoxy) is 1. The van der Waals surface area contributed by atoms with Crippen molar-refractivity contribution in [3.63, 3.8) is 0 Å². The SMILES string of the molecule is CCC/C=C/[C@@H]1CC(=O)N[C@H](Cc2ccccc2)C(=O)N[C@H](CSC(C)=O)C(=O)N[C@H](C(C)C)[C@@H](O)CC(=O)O1. The van der Waals surface area contributed by atoms with E-state index in [0.29, 0.717) is 0 Å². The number of benzene rings is 1. The number of hydrogen-bond acceptors (Lipinski definition) is 8. The van der Waals surface area contributed by atoms with Gasteiger partial charge in [0.25, 0.3) is 0 Å². The number of cyclic esters (lactones) is 1. The topological polar surface area (TPSA) is 151 Å². The maximum absolute atomic E-state index is 13.5. The molecule has 1 aliphatic rings. The van der Waals surface area contributed by atoms with E-state index >= 15 is 0 Å². The molecule has 220 valence electrons. The molecular weight excluding hydrogens is 534 g/mol. The van der Waals surface area contributed by atoms with Gasteiger partial charge in [-0.2, -0.15) is 0 Å². The van der Waals surface area contributed by atoms with Gasteiger partial charge in [0.2, 0.25) is 17.7 Å². The Bertz CT molecular complexity index is 1050. The maximum atomic E-state index is 13.5. The molecule has 5 atom stereocenters. The van der Waals surface area contributed by atoms with Crippen molar-refractivity contribution < 1.29 is 33.8 Å². The van der Waals surface area contributed by atoms with Gasteiger partial charge in [0.05, 0.1) is 25.0 Å². The molecule has 40 heavy (non-hydrogen) atoms. The minimum atomic E-state index is -1.28. The monoisotopic (exact) mass is 575 g/mol. The number of esters is 1. The van der Waals surface area contributed by atoms with Gasteiger partial charge in [-0.25, -0.2) is 0 Å². The number of aliphatic hydroxyl groups excluding tert-OH is 1. The number of aliphatic hydroxyl groups is 1. The summed E-state index contributed by atoms with van der Waals surface area (Å²) in [6, 6.07) is 6.08. The van der Waals surface area contributed by atoms with Crippen molar-refractivity contribution in [2.75, 3.05) is 5.75 Å². The summed E-state index contributed by atoms with van der Waals surface area (Å²) >= 11 is 0.872. The van der Waals surface area contributed by atoms with E-state index in [1.54, 1.807) is 19.9 Å². The third-order valence-corrected chi connectivity index (χ3v) is 7.22. The normalized spacial score (nSPS) is 25.4. The van der Waals surface area contributed by atoms with Crippen LogP contribution in [0.2, 0.25) is 0 Å². The Balaban J connectivity index is 2.45. The van der Waals surface area contributed by atoms with E-state index in [1.807, 2.05) is 43.3 Å². The maximum Gasteiger partial charge on any atom is 0.309 e. The molecule has 1 aliphatic heterocycles. The largest absolute Gasteiger partial charge is 0.457 e. The molecule has 4 N–H and O–H groups in total. The molecule has 1 aromatic carbocycles. The Morgan fingerprint density at radius 2 is 1.73 bits per heavy atom. The molecule has 0 aliphatic carbocycles. The number of allylic oxidation sites excluding steroid dienone is 1. The molecule has 1 fully saturated rings. The first kappa shape index (κ1) is 33.0. The highest BCUT2D eigenvalue weighted by Crippen LogP contribution is 2.15. The second-order valence-electron chi connectivity index (χ2n) is 10.2. The van der Waals surface area contributed by atoms with Crippen LogP contribution in [0.25, 0.3) is 0 Å². The molecule has 2 rings (SSSR count). The van der Waals surface area contributed by atoms with Crippen LogP contribution in [-0.2, 0) is 35.1 Å². The Kier molecular flexibility index (Phi) is 13.9. The molecule has 10 nitrogen and oxygen atoms in total. The number of hydrogen-bond donors (Lipinski definition) is 4. The molecule has 0 bridgehead atoms. The minimum Gasteiger partial charge on any atom is -0.457 e. The number of thioether (sulfide) groups is 1. The first-order valence-electron chi connectivity index (χ1n) is 13.6. The van der Waals surface area contributed by atoms with Gasteiger partial charge in [-0.15, -0.1) is 0 Å². The number of amides is 3. The lowest BCUT2D eigenvalue weighted by Crippen LogP contribution is -2.58. The van der Waals surface area contributed by atoms with Gasteiger partial charge < -0.3 is 25.8 Å². The first-order valence-corrected chi connectivity index (χ1v) is 14.6. The summed E-state index contributed by atoms with van der Waals surface area (Å²) in [5.74, 6) is -2.79. The molecule has 0 radical (unpaired) electrons. The lowest BCUT2D eigenvalue weighted by atomic mass is 9.96. The van der Waals surface area contributed by atoms with Crippen LogP contribution in [-0.4, -0.2) is 70.0 Å². The van der Waals surface area contributed by atoms with Crippen LogP contribution in [0.4, 0.5) is 0 Å². The zero-order chi connectivity index (χ0) is 29.7. The van der Waals surface area contributed by atoms with Gasteiger partial charge in [0.15, 0.2) is 5.12 Å². The van der Waals surface area contributed by atoms with Gasteiger partial charge in [-0.3, -0.25) is 24.0 Å². The second-order valence-corrected chi connectivity index (χ2v) is 11.4. The van der Waals surface area contributed by atoms with Crippen molar-refractivity contribution in [1.82, 2.24) is 16.0 Å². The van der Waals surface area contributed by atoms with Crippen LogP contribution in [0.3, 0.4) is 0 Å². The Morgan fingerprint density at radius 3 is 2.35 bits per heavy atom. The number of nitrogens with one attached hydrogen (secondary N) is 3. The fourth-order valence-electron chi connectivity index (χ4n) is 4.20. The van der Waals surface area contributed by atoms with E-state index in [1.165, 1.54) is 6.92 Å². The molecule has 1 aromatic rings. The molecule has 3 amide bonds. The second kappa shape index (κ2) is 16.8. The summed E-state index contributed by atoms with van der Waals surface area (Å²) in [6.07, 6.45) is 2.37. The summed E-state index contributed by atoms with van der Waals surface area (Å²) in [6.45, 7) is 6.90. The van der Waals surface area contributed by atoms with Gasteiger partial charge >= 0.3 is 5.97 Å². The quantitative estimate of drug-likeness (QED) is 0.272. The molecule has 11 heteroatoms. The van der Waals surface area contributed by atoms with Crippen molar-refractivity contribution >= 4 is 40.6 Å². The standard InChI is InChI=1S/C29H41N3O7S/c1-5-6-8-13-21-15-25(35)30-22(14-20-11-9-7-10-12-20)28(37)31-23(17-40-19(4)33)29(38)32-27(18(2)3)24(34)16-26(36)39-21/h7-13,18,21-24,27,34H,5-6,14-17H2,1-4H3,(H,30,35)(H,31,37)(H,32,38)/b13-8+/t21-,22-,23-,24+,27-/m1/s1. The smallest absolute Gasteiger partial charge is 0.309 e. The molecular formula is C29H41N3O7S. The van der Waals surface area contributed by atoms with E-state index in [-0.39, 0.29) is 29.6 Å². The first-order chi connectivity index (χ1) is 19.0. The molecule has 0 unspecified atom stereocenters. The minimum absolute atomic E-state index is 0.0494. The summed E-state index contributed by atoms with van der Waals surface area (Å²) < 4.78 is 5.53. The Morgan fingerprint density at radius 1 is 1.05 bits per heavy atom. The predicted octanol–water partition coefficient (Wildman–Crippen LogP) is 2.04. The highest BCUT2D eigenvalue weighted by Gasteiger charge is 2.33. The summed E-state index contributed by atoms with van der Waals surface area (Å²) in [5.41, 5.74) is 0.786. The van der Waals surface area contributed by atoms with E-state index < -0.39 is 60.4 Å². The zero-order valence-electron chi connectivity index (χ0n) is 23.6. The number of carbonyl (C=O) groups excluding carboxylic acids is 5. The lowest BCUT2D eigenvalue weighted by Gasteiger charge is -2.29. The van der Waals surface area contributed by atoms with Gasteiger partial charge in [0.1, 0.15) is 18.2 Å². The number of carbonyl (C=O) groups is 5. The van der Waals surface area contributed by atoms with Crippen molar-refractivity contribution in [2.24, 2.45) is 5.92 Å². The third kappa shape index (κ3) is 11.5. The fourth-order valence-corrected chi connectivity index (χ4v) is 4.84. The summed E-state index contributed by atoms with van der Waals surface area (Å²) in [4.78, 5) is 64.3. The number of unbranched alkanes of at least 4 members (excludes halogenated alkanes) is 1. The van der Waals surface area contributed by atoms with Crippen LogP contribution in [0.15, 0.2) is 42.5 Å². The highest BCUT2D eigenvalue weighted by molar-refractivity contribution is 8.13. The van der Waals surface area contributed by atoms with Crippen LogP contribution in [0, 0.1) is 5.92 Å². The van der Waals surface area contributed by atoms with Crippen LogP contribution in [0.1, 0.15) is 58.9 Å². The van der Waals surface area contributed by atoms with Crippen LogP contribution in [0.5, 0.6) is 0 Å². The van der Waals surface area contributed by atoms with E-state index in [9.17, 15) is 29.1 Å². The fraction of sp³-hybridized carbons (Fsp3) is 0.552. The Labute approximate surface area is 240 Å². The summed E-state index contributed by atoms with van der Waals surface area (Å²) in [7, 11) is 0. The third-order valence-electron chi connectivity index (χ3n) is 6.31. The van der Waals surface area contributed by atoms with Crippen molar-refractivity contribution in [1.29, 1.82) is 0 Å². The van der Waals surface area contributed by atoms with Crippen molar-refractivity contribution in [3.05, 3.63) is 48.0 Å². The van der Waals surface area contributed by atoms with Crippen LogP contribution >= 0.6 is 11.8 Å². The Hall–Kier alpha value is -3.18. The van der Waals surface area contributed by atoms with E-state index in [2.05, 4.69) is 16.0 Å². The van der Waals surface area contributed by atoms with Gasteiger partial charge in [0, 0.05) is 19.1 Å². The molecule has 0 aromatic heterocycles. The number of rotatable bonds is 8. The highest BCUT2D eigenvalue weighted by atomic mass is 32.2. The van der Waals surface area contributed by atoms with E-state index in [0.717, 1.165) is 30.2 Å². The summed E-state index contributed by atoms with van der Waals surface area (Å²) in [5, 5.41) is 18.8. The van der Waals surface area contributed by atoms with Gasteiger partial charge in [-0.1, -0.05) is 75.4 Å². The van der Waals surface area contributed by atoms with Crippen molar-refractivity contribution in [2.45, 2.75) is 90.1 Å². The van der Waals surface area contributed by atoms with Crippen LogP contribution < -0.4 is 16.0 Å². The van der Waals surface area contributed by atoms with Crippen molar-refractivity contribution in [3.8, 4) is 0 Å². The average Bonchev–Trinajstić information content (AvgIpc) is 2.88. The molecule has 0 spiro atoms. The molecule has 0 saturated carbocycles. The predicted molar refractivity (Wildman–Crippen MR) is 153 cm³/mol. The lowest BCUT2D eigenvalue weighted by molar-refractivity contribution is -0.151.